The van der Waals surface area contributed by atoms with Crippen molar-refractivity contribution in [1.82, 2.24) is 10.2 Å². The number of nitrogens with one attached hydrogen (secondary N) is 1. The van der Waals surface area contributed by atoms with Crippen molar-refractivity contribution in [3.05, 3.63) is 48.2 Å². The first-order valence-corrected chi connectivity index (χ1v) is 6.37. The number of rotatable bonds is 2. The molecule has 1 aromatic heterocycles. The Labute approximate surface area is 112 Å². The average Bonchev–Trinajstić information content (AvgIpc) is 2.84. The first-order valence-electron chi connectivity index (χ1n) is 6.37. The molecule has 3 rings (SSSR count). The molecule has 0 amide bonds. The zero-order valence-corrected chi connectivity index (χ0v) is 11.4. The number of hydrogen-bond donors (Lipinski definition) is 1. The molecule has 0 radical (unpaired) electrons. The minimum Gasteiger partial charge on any atom is -0.378 e. The maximum atomic E-state index is 4.31. The minimum absolute atomic E-state index is 0.996. The lowest BCUT2D eigenvalue weighted by atomic mass is 10.0. The van der Waals surface area contributed by atoms with E-state index in [-0.39, 0.29) is 0 Å². The lowest BCUT2D eigenvalue weighted by Gasteiger charge is -2.13. The van der Waals surface area contributed by atoms with Crippen LogP contribution in [0.15, 0.2) is 42.5 Å². The largest absolute Gasteiger partial charge is 0.378 e. The van der Waals surface area contributed by atoms with Crippen molar-refractivity contribution in [2.75, 3.05) is 19.0 Å². The zero-order valence-electron chi connectivity index (χ0n) is 11.4. The van der Waals surface area contributed by atoms with Gasteiger partial charge >= 0.3 is 0 Å². The van der Waals surface area contributed by atoms with Crippen LogP contribution in [-0.4, -0.2) is 24.3 Å². The molecule has 19 heavy (non-hydrogen) atoms. The van der Waals surface area contributed by atoms with Gasteiger partial charge in [0.2, 0.25) is 0 Å². The number of fused-ring (bicyclic) bond motifs is 1. The topological polar surface area (TPSA) is 31.9 Å². The zero-order chi connectivity index (χ0) is 13.4. The van der Waals surface area contributed by atoms with E-state index in [1.54, 1.807) is 0 Å². The van der Waals surface area contributed by atoms with Crippen LogP contribution in [0.25, 0.3) is 22.0 Å². The third kappa shape index (κ3) is 2.19. The maximum absolute atomic E-state index is 4.31. The van der Waals surface area contributed by atoms with E-state index in [9.17, 15) is 0 Å². The number of anilines is 1. The summed E-state index contributed by atoms with van der Waals surface area (Å²) in [6.07, 6.45) is 0. The average molecular weight is 251 g/mol. The molecule has 0 unspecified atom stereocenters. The summed E-state index contributed by atoms with van der Waals surface area (Å²) < 4.78 is 0. The molecule has 0 saturated heterocycles. The summed E-state index contributed by atoms with van der Waals surface area (Å²) in [5.41, 5.74) is 4.44. The Morgan fingerprint density at radius 3 is 2.37 bits per heavy atom. The first kappa shape index (κ1) is 11.8. The van der Waals surface area contributed by atoms with Gasteiger partial charge in [0, 0.05) is 31.0 Å². The summed E-state index contributed by atoms with van der Waals surface area (Å²) in [6.45, 7) is 2.01. The number of benzene rings is 2. The molecule has 0 saturated carbocycles. The van der Waals surface area contributed by atoms with E-state index >= 15 is 0 Å². The monoisotopic (exact) mass is 251 g/mol. The SMILES string of the molecule is Cc1cc(-c2ccc3cc(N(C)C)ccc3c2)n[nH]1. The molecule has 2 aromatic carbocycles. The van der Waals surface area contributed by atoms with Crippen molar-refractivity contribution in [2.24, 2.45) is 0 Å². The predicted molar refractivity (Wildman–Crippen MR) is 80.6 cm³/mol. The highest BCUT2D eigenvalue weighted by molar-refractivity contribution is 5.89. The summed E-state index contributed by atoms with van der Waals surface area (Å²) in [5.74, 6) is 0. The van der Waals surface area contributed by atoms with Crippen LogP contribution in [0.4, 0.5) is 5.69 Å². The Hall–Kier alpha value is -2.29. The Morgan fingerprint density at radius 2 is 1.68 bits per heavy atom. The highest BCUT2D eigenvalue weighted by Gasteiger charge is 2.04. The van der Waals surface area contributed by atoms with Gasteiger partial charge in [-0.15, -0.1) is 0 Å². The smallest absolute Gasteiger partial charge is 0.0923 e. The summed E-state index contributed by atoms with van der Waals surface area (Å²) in [4.78, 5) is 2.12. The fourth-order valence-electron chi connectivity index (χ4n) is 2.24. The van der Waals surface area contributed by atoms with Crippen LogP contribution < -0.4 is 4.90 Å². The molecular weight excluding hydrogens is 234 g/mol. The molecule has 3 heteroatoms. The number of aromatic amines is 1. The second kappa shape index (κ2) is 4.43. The van der Waals surface area contributed by atoms with E-state index in [0.29, 0.717) is 0 Å². The summed E-state index contributed by atoms with van der Waals surface area (Å²) >= 11 is 0. The molecule has 3 aromatic rings. The van der Waals surface area contributed by atoms with Gasteiger partial charge in [-0.3, -0.25) is 5.10 Å². The molecule has 0 aliphatic carbocycles. The summed E-state index contributed by atoms with van der Waals surface area (Å²) in [5, 5.41) is 9.78. The van der Waals surface area contributed by atoms with Crippen LogP contribution in [0.5, 0.6) is 0 Å². The van der Waals surface area contributed by atoms with E-state index in [1.165, 1.54) is 16.5 Å². The molecule has 0 spiro atoms. The Morgan fingerprint density at radius 1 is 0.947 bits per heavy atom. The van der Waals surface area contributed by atoms with Gasteiger partial charge in [0.25, 0.3) is 0 Å². The third-order valence-corrected chi connectivity index (χ3v) is 3.34. The number of nitrogens with zero attached hydrogens (tertiary/aromatic N) is 2. The highest BCUT2D eigenvalue weighted by Crippen LogP contribution is 2.26. The second-order valence-electron chi connectivity index (χ2n) is 5.08. The van der Waals surface area contributed by atoms with E-state index < -0.39 is 0 Å². The van der Waals surface area contributed by atoms with Crippen LogP contribution in [0.3, 0.4) is 0 Å². The van der Waals surface area contributed by atoms with Crippen LogP contribution >= 0.6 is 0 Å². The third-order valence-electron chi connectivity index (χ3n) is 3.34. The lowest BCUT2D eigenvalue weighted by molar-refractivity contribution is 1.05. The molecule has 0 fully saturated rings. The molecule has 0 aliphatic rings. The van der Waals surface area contributed by atoms with Crippen molar-refractivity contribution < 1.29 is 0 Å². The van der Waals surface area contributed by atoms with E-state index in [0.717, 1.165) is 17.0 Å². The van der Waals surface area contributed by atoms with Gasteiger partial charge < -0.3 is 4.90 Å². The number of aryl methyl sites for hydroxylation is 1. The lowest BCUT2D eigenvalue weighted by Crippen LogP contribution is -2.07. The number of aromatic nitrogens is 2. The molecule has 0 atom stereocenters. The van der Waals surface area contributed by atoms with Crippen LogP contribution in [0.1, 0.15) is 5.69 Å². The van der Waals surface area contributed by atoms with Gasteiger partial charge in [-0.1, -0.05) is 18.2 Å². The van der Waals surface area contributed by atoms with Crippen molar-refractivity contribution in [3.8, 4) is 11.3 Å². The maximum Gasteiger partial charge on any atom is 0.0923 e. The minimum atomic E-state index is 0.996. The van der Waals surface area contributed by atoms with Gasteiger partial charge in [-0.25, -0.2) is 0 Å². The van der Waals surface area contributed by atoms with Gasteiger partial charge in [-0.05, 0) is 42.0 Å². The number of hydrogen-bond acceptors (Lipinski definition) is 2. The number of H-pyrrole nitrogens is 1. The highest BCUT2D eigenvalue weighted by atomic mass is 15.1. The Balaban J connectivity index is 2.09. The molecule has 3 nitrogen and oxygen atoms in total. The van der Waals surface area contributed by atoms with Gasteiger partial charge in [0.05, 0.1) is 5.69 Å². The van der Waals surface area contributed by atoms with Gasteiger partial charge in [-0.2, -0.15) is 5.10 Å². The quantitative estimate of drug-likeness (QED) is 0.754. The Bertz CT molecular complexity index is 726. The van der Waals surface area contributed by atoms with Gasteiger partial charge in [0.1, 0.15) is 0 Å². The molecule has 0 bridgehead atoms. The van der Waals surface area contributed by atoms with E-state index in [2.05, 4.69) is 71.7 Å². The van der Waals surface area contributed by atoms with Crippen molar-refractivity contribution in [2.45, 2.75) is 6.92 Å². The second-order valence-corrected chi connectivity index (χ2v) is 5.08. The normalized spacial score (nSPS) is 10.9. The molecule has 1 N–H and O–H groups in total. The summed E-state index contributed by atoms with van der Waals surface area (Å²) in [7, 11) is 4.12. The molecule has 0 aliphatic heterocycles. The van der Waals surface area contributed by atoms with Crippen LogP contribution in [0.2, 0.25) is 0 Å². The van der Waals surface area contributed by atoms with Crippen LogP contribution in [-0.2, 0) is 0 Å². The van der Waals surface area contributed by atoms with Crippen molar-refractivity contribution in [3.63, 3.8) is 0 Å². The molecule has 96 valence electrons. The first-order chi connectivity index (χ1) is 9.13. The van der Waals surface area contributed by atoms with E-state index in [4.69, 9.17) is 0 Å². The van der Waals surface area contributed by atoms with Crippen molar-refractivity contribution >= 4 is 16.5 Å². The van der Waals surface area contributed by atoms with Gasteiger partial charge in [0.15, 0.2) is 0 Å². The Kier molecular flexibility index (Phi) is 2.75. The molecular formula is C16H17N3. The fourth-order valence-corrected chi connectivity index (χ4v) is 2.24. The van der Waals surface area contributed by atoms with Crippen molar-refractivity contribution in [1.29, 1.82) is 0 Å². The van der Waals surface area contributed by atoms with E-state index in [1.807, 2.05) is 6.92 Å². The van der Waals surface area contributed by atoms with Crippen LogP contribution in [0, 0.1) is 6.92 Å². The molecule has 1 heterocycles. The fraction of sp³-hybridized carbons (Fsp3) is 0.188. The predicted octanol–water partition coefficient (Wildman–Crippen LogP) is 3.60. The standard InChI is InChI=1S/C16H17N3/c1-11-8-16(18-17-11)14-5-4-13-10-15(19(2)3)7-6-12(13)9-14/h4-10H,1-3H3,(H,17,18). The summed E-state index contributed by atoms with van der Waals surface area (Å²) in [6, 6.07) is 15.0.